The number of ether oxygens (including phenoxy) is 1. The minimum absolute atomic E-state index is 0.319. The highest BCUT2D eigenvalue weighted by Gasteiger charge is 2.10. The quantitative estimate of drug-likeness (QED) is 0.550. The van der Waals surface area contributed by atoms with Gasteiger partial charge in [-0.2, -0.15) is 0 Å². The maximum Gasteiger partial charge on any atom is 0.348 e. The van der Waals surface area contributed by atoms with Gasteiger partial charge in [0, 0.05) is 29.3 Å². The molecule has 2 heterocycles. The van der Waals surface area contributed by atoms with Gasteiger partial charge in [-0.25, -0.2) is 4.79 Å². The smallest absolute Gasteiger partial charge is 0.348 e. The van der Waals surface area contributed by atoms with Gasteiger partial charge < -0.3 is 15.4 Å². The van der Waals surface area contributed by atoms with Crippen LogP contribution in [0.1, 0.15) is 15.2 Å². The summed E-state index contributed by atoms with van der Waals surface area (Å²) in [4.78, 5) is 16.2. The van der Waals surface area contributed by atoms with Crippen molar-refractivity contribution in [3.63, 3.8) is 0 Å². The third-order valence-corrected chi connectivity index (χ3v) is 4.71. The maximum absolute atomic E-state index is 11.6. The normalized spacial score (nSPS) is 10.4. The van der Waals surface area contributed by atoms with Crippen molar-refractivity contribution < 1.29 is 9.53 Å². The highest BCUT2D eigenvalue weighted by Crippen LogP contribution is 2.28. The van der Waals surface area contributed by atoms with Crippen molar-refractivity contribution in [2.45, 2.75) is 6.54 Å². The van der Waals surface area contributed by atoms with E-state index in [-0.39, 0.29) is 5.97 Å². The molecule has 24 heavy (non-hydrogen) atoms. The number of fused-ring (bicyclic) bond motifs is 1. The number of anilines is 1. The zero-order valence-corrected chi connectivity index (χ0v) is 14.5. The molecule has 0 atom stereocenters. The van der Waals surface area contributed by atoms with Crippen LogP contribution in [0.5, 0.6) is 0 Å². The Hall–Kier alpha value is -2.51. The van der Waals surface area contributed by atoms with Crippen molar-refractivity contribution in [3.8, 4) is 0 Å². The van der Waals surface area contributed by atoms with E-state index in [9.17, 15) is 4.79 Å². The van der Waals surface area contributed by atoms with Crippen LogP contribution in [0.2, 0.25) is 0 Å². The molecular weight excluding hydrogens is 342 g/mol. The molecule has 0 saturated carbocycles. The number of thiocarbonyl (C=S) groups is 1. The highest BCUT2D eigenvalue weighted by molar-refractivity contribution is 7.80. The predicted octanol–water partition coefficient (Wildman–Crippen LogP) is 3.57. The van der Waals surface area contributed by atoms with Gasteiger partial charge in [-0.3, -0.25) is 4.98 Å². The lowest BCUT2D eigenvalue weighted by Crippen LogP contribution is -2.27. The summed E-state index contributed by atoms with van der Waals surface area (Å²) in [6, 6.07) is 11.5. The standard InChI is InChI=1S/C17H15N3O2S2/c1-22-16(21)15-9-12-8-13(2-3-14(12)24-15)20-17(23)19-10-11-4-6-18-7-5-11/h2-9H,10H2,1H3,(H2,19,20,23). The molecule has 0 bridgehead atoms. The number of nitrogens with one attached hydrogen (secondary N) is 2. The van der Waals surface area contributed by atoms with E-state index in [2.05, 4.69) is 15.6 Å². The Morgan fingerprint density at radius 1 is 1.25 bits per heavy atom. The first-order chi connectivity index (χ1) is 11.7. The highest BCUT2D eigenvalue weighted by atomic mass is 32.1. The molecule has 3 aromatic rings. The van der Waals surface area contributed by atoms with Gasteiger partial charge in [0.15, 0.2) is 5.11 Å². The van der Waals surface area contributed by atoms with Gasteiger partial charge in [0.05, 0.1) is 7.11 Å². The molecule has 5 nitrogen and oxygen atoms in total. The average Bonchev–Trinajstić information content (AvgIpc) is 3.03. The molecule has 0 unspecified atom stereocenters. The van der Waals surface area contributed by atoms with E-state index in [1.54, 1.807) is 12.4 Å². The van der Waals surface area contributed by atoms with Gasteiger partial charge in [-0.15, -0.1) is 11.3 Å². The lowest BCUT2D eigenvalue weighted by atomic mass is 10.2. The number of methoxy groups -OCH3 is 1. The Kier molecular flexibility index (Phi) is 5.02. The fraction of sp³-hybridized carbons (Fsp3) is 0.118. The van der Waals surface area contributed by atoms with E-state index >= 15 is 0 Å². The van der Waals surface area contributed by atoms with Gasteiger partial charge in [-0.1, -0.05) is 0 Å². The van der Waals surface area contributed by atoms with Crippen LogP contribution in [0.3, 0.4) is 0 Å². The van der Waals surface area contributed by atoms with Crippen molar-refractivity contribution in [3.05, 3.63) is 59.2 Å². The number of benzene rings is 1. The summed E-state index contributed by atoms with van der Waals surface area (Å²) < 4.78 is 5.78. The van der Waals surface area contributed by atoms with E-state index in [1.165, 1.54) is 18.4 Å². The van der Waals surface area contributed by atoms with E-state index in [4.69, 9.17) is 17.0 Å². The lowest BCUT2D eigenvalue weighted by molar-refractivity contribution is 0.0606. The predicted molar refractivity (Wildman–Crippen MR) is 100 cm³/mol. The van der Waals surface area contributed by atoms with Gasteiger partial charge in [0.1, 0.15) is 4.88 Å². The van der Waals surface area contributed by atoms with Crippen molar-refractivity contribution in [2.24, 2.45) is 0 Å². The molecule has 2 N–H and O–H groups in total. The van der Waals surface area contributed by atoms with E-state index < -0.39 is 0 Å². The third kappa shape index (κ3) is 3.87. The molecule has 0 aliphatic rings. The zero-order valence-electron chi connectivity index (χ0n) is 12.9. The minimum atomic E-state index is -0.319. The number of carbonyl (C=O) groups excluding carboxylic acids is 1. The van der Waals surface area contributed by atoms with Crippen LogP contribution < -0.4 is 10.6 Å². The molecule has 0 radical (unpaired) electrons. The molecule has 1 aromatic carbocycles. The monoisotopic (exact) mass is 357 g/mol. The molecule has 2 aromatic heterocycles. The van der Waals surface area contributed by atoms with Gasteiger partial charge in [0.2, 0.25) is 0 Å². The van der Waals surface area contributed by atoms with Crippen LogP contribution in [0.4, 0.5) is 5.69 Å². The number of esters is 1. The summed E-state index contributed by atoms with van der Waals surface area (Å²) in [5, 5.41) is 7.81. The van der Waals surface area contributed by atoms with Gasteiger partial charge >= 0.3 is 5.97 Å². The van der Waals surface area contributed by atoms with Crippen LogP contribution in [0.25, 0.3) is 10.1 Å². The van der Waals surface area contributed by atoms with Crippen molar-refractivity contribution in [1.82, 2.24) is 10.3 Å². The Morgan fingerprint density at radius 3 is 2.79 bits per heavy atom. The number of thiophene rings is 1. The van der Waals surface area contributed by atoms with E-state index in [0.29, 0.717) is 16.5 Å². The summed E-state index contributed by atoms with van der Waals surface area (Å²) in [5.74, 6) is -0.319. The Balaban J connectivity index is 1.66. The Labute approximate surface area is 148 Å². The fourth-order valence-electron chi connectivity index (χ4n) is 2.18. The number of nitrogens with zero attached hydrogens (tertiary/aromatic N) is 1. The van der Waals surface area contributed by atoms with Gasteiger partial charge in [-0.05, 0) is 59.6 Å². The molecule has 0 saturated heterocycles. The first kappa shape index (κ1) is 16.4. The van der Waals surface area contributed by atoms with Crippen LogP contribution >= 0.6 is 23.6 Å². The first-order valence-corrected chi connectivity index (χ1v) is 8.44. The molecule has 0 amide bonds. The molecule has 7 heteroatoms. The zero-order chi connectivity index (χ0) is 16.9. The van der Waals surface area contributed by atoms with Crippen LogP contribution in [0, 0.1) is 0 Å². The number of hydrogen-bond acceptors (Lipinski definition) is 5. The minimum Gasteiger partial charge on any atom is -0.465 e. The first-order valence-electron chi connectivity index (χ1n) is 7.21. The second-order valence-corrected chi connectivity index (χ2v) is 6.51. The van der Waals surface area contributed by atoms with Crippen molar-refractivity contribution in [2.75, 3.05) is 12.4 Å². The van der Waals surface area contributed by atoms with Crippen molar-refractivity contribution in [1.29, 1.82) is 0 Å². The molecule has 0 spiro atoms. The number of hydrogen-bond donors (Lipinski definition) is 2. The SMILES string of the molecule is COC(=O)c1cc2cc(NC(=S)NCc3ccncc3)ccc2s1. The van der Waals surface area contributed by atoms with Gasteiger partial charge in [0.25, 0.3) is 0 Å². The van der Waals surface area contributed by atoms with Crippen LogP contribution in [-0.2, 0) is 11.3 Å². The number of aromatic nitrogens is 1. The van der Waals surface area contributed by atoms with Crippen LogP contribution in [-0.4, -0.2) is 23.2 Å². The molecule has 0 aliphatic heterocycles. The van der Waals surface area contributed by atoms with E-state index in [0.717, 1.165) is 21.3 Å². The molecule has 122 valence electrons. The fourth-order valence-corrected chi connectivity index (χ4v) is 3.33. The second kappa shape index (κ2) is 7.37. The average molecular weight is 357 g/mol. The number of pyridine rings is 1. The number of rotatable bonds is 4. The maximum atomic E-state index is 11.6. The lowest BCUT2D eigenvalue weighted by Gasteiger charge is -2.10. The molecule has 3 rings (SSSR count). The Bertz CT molecular complexity index is 878. The largest absolute Gasteiger partial charge is 0.465 e. The molecule has 0 fully saturated rings. The summed E-state index contributed by atoms with van der Waals surface area (Å²) in [6.45, 7) is 0.627. The van der Waals surface area contributed by atoms with Crippen LogP contribution in [0.15, 0.2) is 48.8 Å². The molecular formula is C17H15N3O2S2. The summed E-state index contributed by atoms with van der Waals surface area (Å²) >= 11 is 6.72. The Morgan fingerprint density at radius 2 is 2.04 bits per heavy atom. The third-order valence-electron chi connectivity index (χ3n) is 3.36. The second-order valence-electron chi connectivity index (χ2n) is 5.02. The summed E-state index contributed by atoms with van der Waals surface area (Å²) in [6.07, 6.45) is 3.49. The van der Waals surface area contributed by atoms with Crippen molar-refractivity contribution >= 4 is 50.4 Å². The molecule has 0 aliphatic carbocycles. The topological polar surface area (TPSA) is 63.2 Å². The van der Waals surface area contributed by atoms with E-state index in [1.807, 2.05) is 36.4 Å². The summed E-state index contributed by atoms with van der Waals surface area (Å²) in [5.41, 5.74) is 1.97. The number of carbonyl (C=O) groups is 1. The summed E-state index contributed by atoms with van der Waals surface area (Å²) in [7, 11) is 1.38.